The average Bonchev–Trinajstić information content (AvgIpc) is 2.66. The molecule has 0 fully saturated rings. The molecule has 0 aromatic heterocycles. The molecular formula is C25H35FO2Si. The van der Waals surface area contributed by atoms with E-state index in [1.54, 1.807) is 7.11 Å². The second kappa shape index (κ2) is 9.78. The molecule has 4 heteroatoms. The lowest BCUT2D eigenvalue weighted by molar-refractivity contribution is 0.0512. The summed E-state index contributed by atoms with van der Waals surface area (Å²) in [6.45, 7) is 16.0. The largest absolute Gasteiger partial charge is 0.468 e. The van der Waals surface area contributed by atoms with Gasteiger partial charge in [0.15, 0.2) is 6.79 Å². The van der Waals surface area contributed by atoms with Crippen molar-refractivity contribution in [2.45, 2.75) is 71.5 Å². The molecule has 2 rings (SSSR count). The van der Waals surface area contributed by atoms with Gasteiger partial charge in [0.25, 0.3) is 0 Å². The van der Waals surface area contributed by atoms with E-state index in [-0.39, 0.29) is 12.6 Å². The molecular weight excluding hydrogens is 379 g/mol. The summed E-state index contributed by atoms with van der Waals surface area (Å²) in [6, 6.07) is 7.23. The Hall–Kier alpha value is -1.83. The summed E-state index contributed by atoms with van der Waals surface area (Å²) in [5.74, 6) is 4.04. The van der Waals surface area contributed by atoms with Crippen molar-refractivity contribution >= 4 is 18.8 Å². The highest BCUT2D eigenvalue weighted by Gasteiger charge is 2.41. The molecule has 0 aliphatic carbocycles. The molecule has 0 heterocycles. The Morgan fingerprint density at radius 2 is 1.62 bits per heavy atom. The van der Waals surface area contributed by atoms with Crippen molar-refractivity contribution in [3.05, 3.63) is 41.2 Å². The molecule has 2 aromatic carbocycles. The second-order valence-electron chi connectivity index (χ2n) is 8.65. The Morgan fingerprint density at radius 3 is 2.14 bits per heavy atom. The number of fused-ring (bicyclic) bond motifs is 1. The van der Waals surface area contributed by atoms with Gasteiger partial charge in [-0.15, -0.1) is 5.54 Å². The maximum atomic E-state index is 14.6. The first-order valence-electron chi connectivity index (χ1n) is 10.6. The monoisotopic (exact) mass is 414 g/mol. The molecule has 0 saturated carbocycles. The number of hydrogen-bond acceptors (Lipinski definition) is 2. The first-order valence-corrected chi connectivity index (χ1v) is 12.8. The van der Waals surface area contributed by atoms with Crippen LogP contribution in [-0.4, -0.2) is 22.0 Å². The Balaban J connectivity index is 2.79. The number of benzene rings is 2. The van der Waals surface area contributed by atoms with Gasteiger partial charge in [-0.25, -0.2) is 4.39 Å². The van der Waals surface area contributed by atoms with Crippen molar-refractivity contribution in [3.8, 4) is 17.2 Å². The van der Waals surface area contributed by atoms with Crippen molar-refractivity contribution in [2.75, 3.05) is 13.9 Å². The van der Waals surface area contributed by atoms with Gasteiger partial charge in [-0.1, -0.05) is 60.5 Å². The standard InChI is InChI=1S/C25H35FO2Si/c1-9-23-24(26)11-10-20-14-22(28-16-27-8)15-21(25(20)23)12-13-29(17(2)3,18(4)5)19(6)7/h10-11,14-15,17-19H,9,16H2,1-8H3. The number of methoxy groups -OCH3 is 1. The third-order valence-corrected chi connectivity index (χ3v) is 12.4. The van der Waals surface area contributed by atoms with Crippen LogP contribution >= 0.6 is 0 Å². The lowest BCUT2D eigenvalue weighted by atomic mass is 9.97. The van der Waals surface area contributed by atoms with Crippen molar-refractivity contribution < 1.29 is 13.9 Å². The third kappa shape index (κ3) is 4.68. The van der Waals surface area contributed by atoms with Crippen molar-refractivity contribution in [3.63, 3.8) is 0 Å². The minimum atomic E-state index is -1.90. The Morgan fingerprint density at radius 1 is 1.00 bits per heavy atom. The van der Waals surface area contributed by atoms with E-state index in [9.17, 15) is 4.39 Å². The smallest absolute Gasteiger partial charge is 0.188 e. The summed E-state index contributed by atoms with van der Waals surface area (Å²) in [5.41, 5.74) is 6.96. The Kier molecular flexibility index (Phi) is 7.91. The molecule has 0 spiro atoms. The summed E-state index contributed by atoms with van der Waals surface area (Å²) in [6.07, 6.45) is 0.622. The Labute approximate surface area is 176 Å². The van der Waals surface area contributed by atoms with Gasteiger partial charge in [0.2, 0.25) is 0 Å². The zero-order valence-corrected chi connectivity index (χ0v) is 20.2. The van der Waals surface area contributed by atoms with E-state index < -0.39 is 8.07 Å². The van der Waals surface area contributed by atoms with E-state index in [4.69, 9.17) is 9.47 Å². The maximum absolute atomic E-state index is 14.6. The van der Waals surface area contributed by atoms with E-state index in [0.29, 0.717) is 28.8 Å². The topological polar surface area (TPSA) is 18.5 Å². The van der Waals surface area contributed by atoms with Crippen LogP contribution in [0.4, 0.5) is 4.39 Å². The van der Waals surface area contributed by atoms with E-state index in [1.807, 2.05) is 25.1 Å². The van der Waals surface area contributed by atoms with Gasteiger partial charge in [-0.3, -0.25) is 0 Å². The summed E-state index contributed by atoms with van der Waals surface area (Å²) >= 11 is 0. The van der Waals surface area contributed by atoms with Gasteiger partial charge < -0.3 is 9.47 Å². The number of aryl methyl sites for hydroxylation is 1. The van der Waals surface area contributed by atoms with E-state index in [2.05, 4.69) is 53.0 Å². The SMILES string of the molecule is CCc1c(F)ccc2cc(OCOC)cc(C#C[Si](C(C)C)(C(C)C)C(C)C)c12. The fourth-order valence-electron chi connectivity index (χ4n) is 4.75. The molecule has 0 aliphatic rings. The predicted octanol–water partition coefficient (Wildman–Crippen LogP) is 7.09. The fourth-order valence-corrected chi connectivity index (χ4v) is 9.97. The molecule has 158 valence electrons. The summed E-state index contributed by atoms with van der Waals surface area (Å²) in [7, 11) is -0.305. The van der Waals surface area contributed by atoms with Gasteiger partial charge in [-0.05, 0) is 52.2 Å². The van der Waals surface area contributed by atoms with Crippen LogP contribution < -0.4 is 4.74 Å². The molecule has 0 bridgehead atoms. The van der Waals surface area contributed by atoms with Crippen LogP contribution in [0.5, 0.6) is 5.75 Å². The molecule has 0 saturated heterocycles. The first kappa shape index (κ1) is 23.4. The molecule has 0 N–H and O–H groups in total. The number of ether oxygens (including phenoxy) is 2. The molecule has 0 aliphatic heterocycles. The fraction of sp³-hybridized carbons (Fsp3) is 0.520. The lowest BCUT2D eigenvalue weighted by Gasteiger charge is -2.38. The number of hydrogen-bond donors (Lipinski definition) is 0. The second-order valence-corrected chi connectivity index (χ2v) is 14.2. The Bertz CT molecular complexity index is 885. The van der Waals surface area contributed by atoms with Crippen LogP contribution in [0.1, 0.15) is 59.6 Å². The van der Waals surface area contributed by atoms with Crippen molar-refractivity contribution in [1.82, 2.24) is 0 Å². The first-order chi connectivity index (χ1) is 13.7. The van der Waals surface area contributed by atoms with E-state index in [1.165, 1.54) is 6.07 Å². The summed E-state index contributed by atoms with van der Waals surface area (Å²) < 4.78 is 25.3. The van der Waals surface area contributed by atoms with Gasteiger partial charge in [0, 0.05) is 18.1 Å². The summed E-state index contributed by atoms with van der Waals surface area (Å²) in [4.78, 5) is 0. The molecule has 0 unspecified atom stereocenters. The van der Waals surface area contributed by atoms with Crippen molar-refractivity contribution in [1.29, 1.82) is 0 Å². The van der Waals surface area contributed by atoms with Gasteiger partial charge in [0.1, 0.15) is 19.6 Å². The average molecular weight is 415 g/mol. The zero-order valence-electron chi connectivity index (χ0n) is 19.2. The zero-order chi connectivity index (χ0) is 21.8. The quantitative estimate of drug-likeness (QED) is 0.273. The van der Waals surface area contributed by atoms with Gasteiger partial charge >= 0.3 is 0 Å². The maximum Gasteiger partial charge on any atom is 0.188 e. The highest BCUT2D eigenvalue weighted by atomic mass is 28.3. The predicted molar refractivity (Wildman–Crippen MR) is 124 cm³/mol. The van der Waals surface area contributed by atoms with Crippen LogP contribution in [0.3, 0.4) is 0 Å². The normalized spacial score (nSPS) is 12.0. The third-order valence-electron chi connectivity index (χ3n) is 6.12. The van der Waals surface area contributed by atoms with Crippen LogP contribution in [0.15, 0.2) is 24.3 Å². The van der Waals surface area contributed by atoms with Crippen LogP contribution in [0.2, 0.25) is 16.6 Å². The lowest BCUT2D eigenvalue weighted by Crippen LogP contribution is -2.43. The molecule has 0 atom stereocenters. The van der Waals surface area contributed by atoms with Gasteiger partial charge in [0.05, 0.1) is 0 Å². The van der Waals surface area contributed by atoms with Crippen molar-refractivity contribution in [2.24, 2.45) is 0 Å². The van der Waals surface area contributed by atoms with Crippen LogP contribution in [-0.2, 0) is 11.2 Å². The molecule has 2 nitrogen and oxygen atoms in total. The number of halogens is 1. The van der Waals surface area contributed by atoms with E-state index >= 15 is 0 Å². The molecule has 29 heavy (non-hydrogen) atoms. The van der Waals surface area contributed by atoms with Crippen LogP contribution in [0.25, 0.3) is 10.8 Å². The molecule has 0 amide bonds. The summed E-state index contributed by atoms with van der Waals surface area (Å²) in [5, 5.41) is 1.86. The van der Waals surface area contributed by atoms with E-state index in [0.717, 1.165) is 21.9 Å². The minimum Gasteiger partial charge on any atom is -0.468 e. The minimum absolute atomic E-state index is 0.170. The van der Waals surface area contributed by atoms with Gasteiger partial charge in [-0.2, -0.15) is 0 Å². The highest BCUT2D eigenvalue weighted by molar-refractivity contribution is 6.90. The molecule has 2 aromatic rings. The molecule has 0 radical (unpaired) electrons. The highest BCUT2D eigenvalue weighted by Crippen LogP contribution is 2.41. The number of rotatable bonds is 7. The van der Waals surface area contributed by atoms with Crippen LogP contribution in [0, 0.1) is 17.3 Å².